The number of carbonyl (C=O) groups is 4. The number of anilines is 5. The number of hydrogen-bond donors (Lipinski definition) is 5. The minimum absolute atomic E-state index is 0.0982. The topological polar surface area (TPSA) is 167 Å². The Morgan fingerprint density at radius 3 is 2.19 bits per heavy atom. The Morgan fingerprint density at radius 1 is 1.00 bits per heavy atom. The van der Waals surface area contributed by atoms with E-state index in [2.05, 4.69) is 20.9 Å². The normalized spacial score (nSPS) is 10.4. The summed E-state index contributed by atoms with van der Waals surface area (Å²) in [7, 11) is 0. The van der Waals surface area contributed by atoms with Gasteiger partial charge in [-0.3, -0.25) is 19.3 Å². The molecule has 3 aromatic rings. The van der Waals surface area contributed by atoms with Gasteiger partial charge in [0.2, 0.25) is 5.91 Å². The highest BCUT2D eigenvalue weighted by Crippen LogP contribution is 2.31. The number of hydrogen-bond acceptors (Lipinski definition) is 7. The van der Waals surface area contributed by atoms with Crippen LogP contribution >= 0.6 is 11.3 Å². The van der Waals surface area contributed by atoms with Crippen LogP contribution in [0.1, 0.15) is 47.5 Å². The average Bonchev–Trinajstić information content (AvgIpc) is 3.22. The third kappa shape index (κ3) is 6.79. The lowest BCUT2D eigenvalue weighted by molar-refractivity contribution is -0.114. The van der Waals surface area contributed by atoms with Gasteiger partial charge in [0, 0.05) is 36.1 Å². The Kier molecular flexibility index (Phi) is 8.57. The van der Waals surface area contributed by atoms with Gasteiger partial charge in [-0.1, -0.05) is 24.7 Å². The number of primary amides is 1. The number of nitrogens with zero attached hydrogens (tertiary/aromatic N) is 2. The van der Waals surface area contributed by atoms with Crippen LogP contribution in [0, 0.1) is 0 Å². The third-order valence-electron chi connectivity index (χ3n) is 4.95. The molecule has 1 aromatic heterocycles. The second kappa shape index (κ2) is 11.8. The van der Waals surface area contributed by atoms with Gasteiger partial charge in [-0.2, -0.15) is 0 Å². The van der Waals surface area contributed by atoms with E-state index >= 15 is 0 Å². The molecule has 6 N–H and O–H groups in total. The first-order valence-corrected chi connectivity index (χ1v) is 11.9. The van der Waals surface area contributed by atoms with Gasteiger partial charge in [-0.15, -0.1) is 0 Å². The van der Waals surface area contributed by atoms with Crippen LogP contribution in [-0.2, 0) is 4.79 Å². The second-order valence-electron chi connectivity index (χ2n) is 7.73. The first kappa shape index (κ1) is 26.2. The summed E-state index contributed by atoms with van der Waals surface area (Å²) in [4.78, 5) is 52.7. The van der Waals surface area contributed by atoms with Crippen LogP contribution in [-0.4, -0.2) is 40.5 Å². The van der Waals surface area contributed by atoms with E-state index in [-0.39, 0.29) is 16.6 Å². The van der Waals surface area contributed by atoms with E-state index in [1.807, 2.05) is 6.92 Å². The van der Waals surface area contributed by atoms with Crippen LogP contribution in [0.25, 0.3) is 0 Å². The van der Waals surface area contributed by atoms with E-state index in [4.69, 9.17) is 5.73 Å². The fourth-order valence-corrected chi connectivity index (χ4v) is 4.09. The van der Waals surface area contributed by atoms with Crippen molar-refractivity contribution in [2.45, 2.75) is 26.7 Å². The number of rotatable bonds is 10. The molecule has 188 valence electrons. The Bertz CT molecular complexity index is 1260. The highest BCUT2D eigenvalue weighted by Gasteiger charge is 2.19. The van der Waals surface area contributed by atoms with Crippen molar-refractivity contribution in [2.75, 3.05) is 27.4 Å². The summed E-state index contributed by atoms with van der Waals surface area (Å²) in [5.41, 5.74) is 7.35. The monoisotopic (exact) mass is 510 g/mol. The van der Waals surface area contributed by atoms with Gasteiger partial charge >= 0.3 is 6.09 Å². The van der Waals surface area contributed by atoms with Gasteiger partial charge in [0.1, 0.15) is 5.00 Å². The zero-order valence-corrected chi connectivity index (χ0v) is 20.5. The maximum Gasteiger partial charge on any atom is 0.411 e. The molecule has 0 spiro atoms. The van der Waals surface area contributed by atoms with Crippen molar-refractivity contribution in [1.29, 1.82) is 0 Å². The number of carbonyl (C=O) groups excluding carboxylic acids is 3. The molecule has 3 rings (SSSR count). The molecule has 36 heavy (non-hydrogen) atoms. The van der Waals surface area contributed by atoms with E-state index in [1.54, 1.807) is 36.4 Å². The zero-order valence-electron chi connectivity index (χ0n) is 19.7. The maximum absolute atomic E-state index is 12.7. The fraction of sp³-hybridized carbons (Fsp3) is 0.208. The molecule has 0 saturated heterocycles. The summed E-state index contributed by atoms with van der Waals surface area (Å²) in [5.74, 6) is -1.51. The largest absolute Gasteiger partial charge is 0.465 e. The molecule has 0 saturated carbocycles. The molecule has 0 atom stereocenters. The molecule has 0 radical (unpaired) electrons. The second-order valence-corrected chi connectivity index (χ2v) is 8.73. The van der Waals surface area contributed by atoms with Crippen molar-refractivity contribution in [2.24, 2.45) is 5.73 Å². The van der Waals surface area contributed by atoms with E-state index in [0.717, 1.165) is 24.2 Å². The van der Waals surface area contributed by atoms with Crippen LogP contribution < -0.4 is 26.6 Å². The molecule has 0 fully saturated rings. The minimum Gasteiger partial charge on any atom is -0.465 e. The zero-order chi connectivity index (χ0) is 26.2. The summed E-state index contributed by atoms with van der Waals surface area (Å²) >= 11 is 1.03. The van der Waals surface area contributed by atoms with E-state index in [9.17, 15) is 24.3 Å². The standard InChI is InChI=1S/C24H26N6O5S/c1-3-4-13-30(24(34)35)18-11-9-17(10-12-18)27-23-28-19(20(25)32)22(36-23)29-21(33)15-5-7-16(8-6-15)26-14(2)31/h5-12H,3-4,13H2,1-2H3,(H2,25,32)(H,26,31)(H,27,28)(H,29,33)(H,34,35). The molecule has 0 bridgehead atoms. The van der Waals surface area contributed by atoms with Crippen LogP contribution in [0.3, 0.4) is 0 Å². The number of benzene rings is 2. The van der Waals surface area contributed by atoms with E-state index in [1.165, 1.54) is 24.0 Å². The van der Waals surface area contributed by atoms with Gasteiger partial charge in [0.25, 0.3) is 11.8 Å². The molecular formula is C24H26N6O5S. The van der Waals surface area contributed by atoms with Crippen molar-refractivity contribution in [1.82, 2.24) is 4.98 Å². The molecule has 0 aliphatic carbocycles. The lowest BCUT2D eigenvalue weighted by Gasteiger charge is -2.19. The lowest BCUT2D eigenvalue weighted by Crippen LogP contribution is -2.30. The van der Waals surface area contributed by atoms with Crippen molar-refractivity contribution in [3.8, 4) is 0 Å². The average molecular weight is 511 g/mol. The molecule has 2 aromatic carbocycles. The van der Waals surface area contributed by atoms with Crippen molar-refractivity contribution in [3.63, 3.8) is 0 Å². The van der Waals surface area contributed by atoms with Gasteiger partial charge in [-0.25, -0.2) is 9.78 Å². The van der Waals surface area contributed by atoms with Gasteiger partial charge < -0.3 is 26.8 Å². The molecule has 0 aliphatic heterocycles. The summed E-state index contributed by atoms with van der Waals surface area (Å²) in [6, 6.07) is 13.0. The fourth-order valence-electron chi connectivity index (χ4n) is 3.21. The van der Waals surface area contributed by atoms with Crippen molar-refractivity contribution in [3.05, 3.63) is 59.8 Å². The highest BCUT2D eigenvalue weighted by molar-refractivity contribution is 7.20. The van der Waals surface area contributed by atoms with Crippen molar-refractivity contribution < 1.29 is 24.3 Å². The van der Waals surface area contributed by atoms with Gasteiger partial charge in [-0.05, 0) is 55.0 Å². The van der Waals surface area contributed by atoms with Gasteiger partial charge in [0.05, 0.1) is 0 Å². The minimum atomic E-state index is -1.03. The number of amides is 4. The molecule has 12 heteroatoms. The number of nitrogens with two attached hydrogens (primary N) is 1. The molecule has 1 heterocycles. The Labute approximate surface area is 211 Å². The number of thiazole rings is 1. The van der Waals surface area contributed by atoms with Crippen LogP contribution in [0.15, 0.2) is 48.5 Å². The Morgan fingerprint density at radius 2 is 1.64 bits per heavy atom. The number of carboxylic acid groups (broad SMARTS) is 1. The first-order valence-electron chi connectivity index (χ1n) is 11.0. The van der Waals surface area contributed by atoms with Crippen LogP contribution in [0.2, 0.25) is 0 Å². The molecular weight excluding hydrogens is 484 g/mol. The summed E-state index contributed by atoms with van der Waals surface area (Å²) in [6.45, 7) is 3.77. The molecule has 0 unspecified atom stereocenters. The predicted octanol–water partition coefficient (Wildman–Crippen LogP) is 4.48. The summed E-state index contributed by atoms with van der Waals surface area (Å²) < 4.78 is 0. The lowest BCUT2D eigenvalue weighted by atomic mass is 10.2. The first-order chi connectivity index (χ1) is 17.2. The Balaban J connectivity index is 1.74. The maximum atomic E-state index is 12.7. The SMILES string of the molecule is CCCCN(C(=O)O)c1ccc(Nc2nc(C(N)=O)c(NC(=O)c3ccc(NC(C)=O)cc3)s2)cc1. The molecule has 4 amide bonds. The Hall–Kier alpha value is -4.45. The predicted molar refractivity (Wildman–Crippen MR) is 139 cm³/mol. The molecule has 0 aliphatic rings. The van der Waals surface area contributed by atoms with Crippen LogP contribution in [0.4, 0.5) is 32.0 Å². The van der Waals surface area contributed by atoms with Crippen molar-refractivity contribution >= 4 is 62.3 Å². The number of unbranched alkanes of at least 4 members (excludes halogenated alkanes) is 1. The third-order valence-corrected chi connectivity index (χ3v) is 5.84. The number of nitrogens with one attached hydrogen (secondary N) is 3. The number of aromatic nitrogens is 1. The highest BCUT2D eigenvalue weighted by atomic mass is 32.1. The van der Waals surface area contributed by atoms with Crippen LogP contribution in [0.5, 0.6) is 0 Å². The summed E-state index contributed by atoms with van der Waals surface area (Å²) in [5, 5.41) is 18.2. The van der Waals surface area contributed by atoms with E-state index < -0.39 is 17.9 Å². The van der Waals surface area contributed by atoms with Gasteiger partial charge in [0.15, 0.2) is 10.8 Å². The van der Waals surface area contributed by atoms with E-state index in [0.29, 0.717) is 34.3 Å². The smallest absolute Gasteiger partial charge is 0.411 e. The quantitative estimate of drug-likeness (QED) is 0.268. The molecule has 11 nitrogen and oxygen atoms in total. The summed E-state index contributed by atoms with van der Waals surface area (Å²) in [6.07, 6.45) is 0.590.